The second-order valence-electron chi connectivity index (χ2n) is 9.67. The summed E-state index contributed by atoms with van der Waals surface area (Å²) in [6.45, 7) is 0.628. The quantitative estimate of drug-likeness (QED) is 0.168. The summed E-state index contributed by atoms with van der Waals surface area (Å²) >= 11 is 0. The Morgan fingerprint density at radius 2 is 0.857 bits per heavy atom. The lowest BCUT2D eigenvalue weighted by atomic mass is 9.98. The van der Waals surface area contributed by atoms with Crippen LogP contribution < -0.4 is 28.4 Å². The van der Waals surface area contributed by atoms with Crippen molar-refractivity contribution in [2.45, 2.75) is 38.3 Å². The fraction of sp³-hybridized carbons (Fsp3) is 0.294. The molecule has 0 fully saturated rings. The summed E-state index contributed by atoms with van der Waals surface area (Å²) in [5.74, 6) is 2.68. The van der Waals surface area contributed by atoms with Crippen LogP contribution >= 0.6 is 0 Å². The topological polar surface area (TPSA) is 95.8 Å². The highest BCUT2D eigenvalue weighted by Crippen LogP contribution is 2.43. The minimum Gasteiger partial charge on any atom is -0.493 e. The van der Waals surface area contributed by atoms with E-state index in [1.165, 1.54) is 21.3 Å². The van der Waals surface area contributed by atoms with E-state index in [1.807, 2.05) is 60.7 Å². The molecule has 2 N–H and O–H groups in total. The van der Waals surface area contributed by atoms with Crippen molar-refractivity contribution in [2.75, 3.05) is 28.4 Å². The lowest BCUT2D eigenvalue weighted by Crippen LogP contribution is -2.07. The fourth-order valence-corrected chi connectivity index (χ4v) is 4.62. The van der Waals surface area contributed by atoms with Gasteiger partial charge in [-0.15, -0.1) is 0 Å². The Labute approximate surface area is 247 Å². The molecule has 0 bridgehead atoms. The van der Waals surface area contributed by atoms with Gasteiger partial charge in [-0.25, -0.2) is 0 Å². The van der Waals surface area contributed by atoms with Crippen molar-refractivity contribution in [3.8, 4) is 34.5 Å². The average molecular weight is 575 g/mol. The van der Waals surface area contributed by atoms with Gasteiger partial charge in [0.15, 0.2) is 23.0 Å². The first-order valence-electron chi connectivity index (χ1n) is 13.7. The highest BCUT2D eigenvalue weighted by Gasteiger charge is 2.22. The van der Waals surface area contributed by atoms with E-state index in [2.05, 4.69) is 0 Å². The molecule has 0 spiro atoms. The summed E-state index contributed by atoms with van der Waals surface area (Å²) in [5, 5.41) is 22.2. The van der Waals surface area contributed by atoms with Gasteiger partial charge in [0.25, 0.3) is 0 Å². The Morgan fingerprint density at radius 3 is 1.21 bits per heavy atom. The zero-order valence-corrected chi connectivity index (χ0v) is 24.4. The van der Waals surface area contributed by atoms with Gasteiger partial charge in [0.2, 0.25) is 11.5 Å². The maximum Gasteiger partial charge on any atom is 0.203 e. The molecule has 42 heavy (non-hydrogen) atoms. The van der Waals surface area contributed by atoms with Crippen molar-refractivity contribution in [3.63, 3.8) is 0 Å². The zero-order valence-electron chi connectivity index (χ0n) is 24.4. The van der Waals surface area contributed by atoms with E-state index in [0.29, 0.717) is 58.8 Å². The number of aliphatic hydroxyl groups is 2. The zero-order chi connectivity index (χ0) is 29.9. The molecule has 0 aromatic heterocycles. The van der Waals surface area contributed by atoms with E-state index in [-0.39, 0.29) is 12.8 Å². The van der Waals surface area contributed by atoms with Crippen molar-refractivity contribution < 1.29 is 38.6 Å². The molecule has 0 aliphatic heterocycles. The SMILES string of the molecule is COc1cc(C(O)CCC(O)c2cc(OCc3ccccc3)c(OC)c(OCc3ccccc3)c2)cc(OC)c1OC. The van der Waals surface area contributed by atoms with E-state index >= 15 is 0 Å². The van der Waals surface area contributed by atoms with Crippen LogP contribution in [-0.4, -0.2) is 38.7 Å². The lowest BCUT2D eigenvalue weighted by molar-refractivity contribution is 0.114. The first-order valence-corrected chi connectivity index (χ1v) is 13.7. The van der Waals surface area contributed by atoms with Crippen molar-refractivity contribution in [2.24, 2.45) is 0 Å². The predicted molar refractivity (Wildman–Crippen MR) is 160 cm³/mol. The van der Waals surface area contributed by atoms with Gasteiger partial charge in [0.05, 0.1) is 40.6 Å². The molecule has 0 heterocycles. The monoisotopic (exact) mass is 574 g/mol. The molecule has 8 heteroatoms. The summed E-state index contributed by atoms with van der Waals surface area (Å²) in [7, 11) is 6.13. The second-order valence-corrected chi connectivity index (χ2v) is 9.67. The van der Waals surface area contributed by atoms with E-state index in [1.54, 1.807) is 31.4 Å². The number of benzene rings is 4. The van der Waals surface area contributed by atoms with E-state index in [4.69, 9.17) is 28.4 Å². The van der Waals surface area contributed by atoms with Gasteiger partial charge in [-0.3, -0.25) is 0 Å². The number of ether oxygens (including phenoxy) is 6. The highest BCUT2D eigenvalue weighted by molar-refractivity contribution is 5.55. The normalized spacial score (nSPS) is 12.2. The number of methoxy groups -OCH3 is 4. The van der Waals surface area contributed by atoms with Crippen LogP contribution in [0.2, 0.25) is 0 Å². The van der Waals surface area contributed by atoms with Gasteiger partial charge in [0.1, 0.15) is 13.2 Å². The van der Waals surface area contributed by atoms with Crippen LogP contribution in [0.15, 0.2) is 84.9 Å². The van der Waals surface area contributed by atoms with Crippen LogP contribution in [0, 0.1) is 0 Å². The molecule has 0 saturated heterocycles. The molecule has 0 amide bonds. The van der Waals surface area contributed by atoms with Crippen LogP contribution in [0.25, 0.3) is 0 Å². The molecule has 4 aromatic rings. The van der Waals surface area contributed by atoms with Gasteiger partial charge >= 0.3 is 0 Å². The first-order chi connectivity index (χ1) is 20.5. The second kappa shape index (κ2) is 15.0. The van der Waals surface area contributed by atoms with Crippen molar-refractivity contribution in [3.05, 3.63) is 107 Å². The lowest BCUT2D eigenvalue weighted by Gasteiger charge is -2.21. The molecule has 0 aliphatic carbocycles. The third-order valence-corrected chi connectivity index (χ3v) is 6.89. The number of hydrogen-bond donors (Lipinski definition) is 2. The van der Waals surface area contributed by atoms with Gasteiger partial charge < -0.3 is 38.6 Å². The summed E-state index contributed by atoms with van der Waals surface area (Å²) in [5.41, 5.74) is 3.15. The molecular formula is C34H38O8. The molecule has 8 nitrogen and oxygen atoms in total. The Morgan fingerprint density at radius 1 is 0.500 bits per heavy atom. The minimum atomic E-state index is -0.911. The van der Waals surface area contributed by atoms with Crippen LogP contribution in [0.1, 0.15) is 47.3 Å². The summed E-state index contributed by atoms with van der Waals surface area (Å²) in [6.07, 6.45) is -1.26. The highest BCUT2D eigenvalue weighted by atomic mass is 16.5. The minimum absolute atomic E-state index is 0.264. The molecule has 222 valence electrons. The molecule has 2 atom stereocenters. The van der Waals surface area contributed by atoms with E-state index in [0.717, 1.165) is 11.1 Å². The Balaban J connectivity index is 1.56. The molecule has 4 aromatic carbocycles. The van der Waals surface area contributed by atoms with Gasteiger partial charge in [-0.05, 0) is 59.4 Å². The molecule has 2 unspecified atom stereocenters. The van der Waals surface area contributed by atoms with Crippen LogP contribution in [-0.2, 0) is 13.2 Å². The van der Waals surface area contributed by atoms with Gasteiger partial charge in [0, 0.05) is 0 Å². The van der Waals surface area contributed by atoms with Crippen LogP contribution in [0.4, 0.5) is 0 Å². The maximum absolute atomic E-state index is 11.3. The molecule has 0 aliphatic rings. The third kappa shape index (κ3) is 7.66. The smallest absolute Gasteiger partial charge is 0.203 e. The number of rotatable bonds is 15. The van der Waals surface area contributed by atoms with Crippen LogP contribution in [0.5, 0.6) is 34.5 Å². The largest absolute Gasteiger partial charge is 0.493 e. The van der Waals surface area contributed by atoms with E-state index < -0.39 is 12.2 Å². The number of hydrogen-bond acceptors (Lipinski definition) is 8. The average Bonchev–Trinajstić information content (AvgIpc) is 3.04. The van der Waals surface area contributed by atoms with Crippen LogP contribution in [0.3, 0.4) is 0 Å². The fourth-order valence-electron chi connectivity index (χ4n) is 4.62. The molecular weight excluding hydrogens is 536 g/mol. The third-order valence-electron chi connectivity index (χ3n) is 6.89. The van der Waals surface area contributed by atoms with Crippen molar-refractivity contribution >= 4 is 0 Å². The summed E-state index contributed by atoms with van der Waals surface area (Å²) in [4.78, 5) is 0. The molecule has 4 rings (SSSR count). The standard InChI is InChI=1S/C34H38O8/c1-37-29-17-25(18-30(38-2)33(29)39-3)27(35)15-16-28(36)26-19-31(41-21-23-11-7-5-8-12-23)34(40-4)32(20-26)42-22-24-13-9-6-10-14-24/h5-14,17-20,27-28,35-36H,15-16,21-22H2,1-4H3. The van der Waals surface area contributed by atoms with Gasteiger partial charge in [-0.2, -0.15) is 0 Å². The van der Waals surface area contributed by atoms with Crippen molar-refractivity contribution in [1.29, 1.82) is 0 Å². The maximum atomic E-state index is 11.3. The molecule has 0 saturated carbocycles. The summed E-state index contributed by atoms with van der Waals surface area (Å²) in [6, 6.07) is 26.5. The Kier molecular flexibility index (Phi) is 10.9. The Hall–Kier alpha value is -4.40. The summed E-state index contributed by atoms with van der Waals surface area (Å²) < 4.78 is 34.2. The first kappa shape index (κ1) is 30.6. The predicted octanol–water partition coefficient (Wildman–Crippen LogP) is 6.43. The Bertz CT molecular complexity index is 1320. The van der Waals surface area contributed by atoms with E-state index in [9.17, 15) is 10.2 Å². The van der Waals surface area contributed by atoms with Gasteiger partial charge in [-0.1, -0.05) is 60.7 Å². The number of aliphatic hydroxyl groups excluding tert-OH is 2. The molecule has 0 radical (unpaired) electrons. The van der Waals surface area contributed by atoms with Crippen molar-refractivity contribution in [1.82, 2.24) is 0 Å².